The predicted molar refractivity (Wildman–Crippen MR) is 163 cm³/mol. The monoisotopic (exact) mass is 670 g/mol. The molecule has 8 bridgehead atoms. The van der Waals surface area contributed by atoms with E-state index in [-0.39, 0.29) is 16.5 Å². The van der Waals surface area contributed by atoms with Gasteiger partial charge in [0.1, 0.15) is 0 Å². The van der Waals surface area contributed by atoms with Crippen molar-refractivity contribution in [1.82, 2.24) is 42.5 Å². The van der Waals surface area contributed by atoms with Crippen LogP contribution in [0.2, 0.25) is 0 Å². The van der Waals surface area contributed by atoms with Crippen LogP contribution in [0.5, 0.6) is 0 Å². The molecule has 8 N–H and O–H groups in total. The molecule has 12 heteroatoms. The summed E-state index contributed by atoms with van der Waals surface area (Å²) in [6.45, 7) is 0. The zero-order chi connectivity index (χ0) is 29.8. The van der Waals surface area contributed by atoms with Crippen molar-refractivity contribution in [2.24, 2.45) is 47.3 Å². The number of hydrogen-bond donors (Lipinski definition) is 8. The molecule has 11 nitrogen and oxygen atoms in total. The second-order valence-electron chi connectivity index (χ2n) is 15.9. The number of hydrogen-bond acceptors (Lipinski definition) is 11. The third kappa shape index (κ3) is 6.46. The number of fused-ring (bicyclic) bond motifs is 20. The third-order valence-electron chi connectivity index (χ3n) is 13.8. The summed E-state index contributed by atoms with van der Waals surface area (Å²) in [6, 6.07) is 0. The Bertz CT molecular complexity index is 816. The van der Waals surface area contributed by atoms with Gasteiger partial charge in [-0.15, -0.1) is 0 Å². The molecule has 5 heterocycles. The fraction of sp³-hybridized carbons (Fsp3) is 0.970. The summed E-state index contributed by atoms with van der Waals surface area (Å²) in [5, 5.41) is 50.5. The maximum atomic E-state index is 8.33. The molecule has 4 saturated carbocycles. The normalized spacial score (nSPS) is 51.7. The number of carbonyl (C=O) groups is 1. The van der Waals surface area contributed by atoms with Gasteiger partial charge in [-0.25, -0.2) is 0 Å². The Morgan fingerprint density at radius 3 is 0.556 bits per heavy atom. The van der Waals surface area contributed by atoms with Crippen molar-refractivity contribution in [3.63, 3.8) is 0 Å². The topological polar surface area (TPSA) is 159 Å². The molecule has 9 rings (SSSR count). The van der Waals surface area contributed by atoms with E-state index in [1.807, 2.05) is 0 Å². The van der Waals surface area contributed by atoms with Crippen LogP contribution in [0, 0.1) is 47.3 Å². The molecule has 8 unspecified atom stereocenters. The van der Waals surface area contributed by atoms with Gasteiger partial charge < -0.3 is 15.0 Å². The van der Waals surface area contributed by atoms with E-state index in [0.717, 1.165) is 47.3 Å². The van der Waals surface area contributed by atoms with Crippen LogP contribution in [0.4, 0.5) is 4.79 Å². The number of carboxylic acid groups (broad SMARTS) is 2. The van der Waals surface area contributed by atoms with Crippen LogP contribution in [-0.4, -0.2) is 55.5 Å². The van der Waals surface area contributed by atoms with E-state index in [1.54, 1.807) is 0 Å². The predicted octanol–water partition coefficient (Wildman–Crippen LogP) is 0.156. The van der Waals surface area contributed by atoms with Gasteiger partial charge in [-0.1, -0.05) is 51.4 Å². The summed E-state index contributed by atoms with van der Waals surface area (Å²) >= 11 is 0. The number of rotatable bonds is 0. The van der Waals surface area contributed by atoms with Crippen molar-refractivity contribution in [1.29, 1.82) is 0 Å². The van der Waals surface area contributed by atoms with Crippen LogP contribution in [0.15, 0.2) is 0 Å². The van der Waals surface area contributed by atoms with Gasteiger partial charge in [0.15, 0.2) is 0 Å². The summed E-state index contributed by atoms with van der Waals surface area (Å²) < 4.78 is 0. The van der Waals surface area contributed by atoms with Crippen molar-refractivity contribution in [3.8, 4) is 0 Å². The minimum absolute atomic E-state index is 0. The molecular formula is C33H56N8NiO3. The Labute approximate surface area is 279 Å². The van der Waals surface area contributed by atoms with Gasteiger partial charge in [0.05, 0.1) is 49.3 Å². The molecule has 256 valence electrons. The Morgan fingerprint density at radius 2 is 0.444 bits per heavy atom. The molecule has 0 aromatic rings. The van der Waals surface area contributed by atoms with Crippen molar-refractivity contribution >= 4 is 6.16 Å². The van der Waals surface area contributed by atoms with Crippen LogP contribution in [-0.2, 0) is 16.5 Å². The molecule has 9 fully saturated rings. The first-order valence-electron chi connectivity index (χ1n) is 18.5. The fourth-order valence-electron chi connectivity index (χ4n) is 12.0. The standard InChI is InChI=1S/C32H56N8.CH2O3.Ni/c1-2-10-18-17(9-1)25-33-26(18)38-28-21-13-5-6-14-22(21)30(35-28)40-32-24-16-8-7-15-23(24)31(36-32)39-29-20-12-4-3-11-19(20)27(34-29)37-25;2-1(3)4;/h17-40H,1-16H2;(H2,2,3,4);/q;;+2/p-2. The van der Waals surface area contributed by atoms with Crippen molar-refractivity contribution < 1.29 is 31.5 Å². The molecule has 0 aromatic carbocycles. The van der Waals surface area contributed by atoms with Crippen LogP contribution in [0.1, 0.15) is 103 Å². The Kier molecular flexibility index (Phi) is 10.3. The summed E-state index contributed by atoms with van der Waals surface area (Å²) in [6.07, 6.45) is 23.2. The number of nitrogens with one attached hydrogen (secondary N) is 8. The average Bonchev–Trinajstić information content (AvgIpc) is 3.76. The van der Waals surface area contributed by atoms with E-state index in [2.05, 4.69) is 42.5 Å². The second kappa shape index (κ2) is 14.1. The first kappa shape index (κ1) is 33.0. The molecule has 0 spiro atoms. The van der Waals surface area contributed by atoms with Gasteiger partial charge in [-0.3, -0.25) is 42.5 Å². The zero-order valence-corrected chi connectivity index (χ0v) is 27.6. The molecule has 4 aliphatic carbocycles. The first-order valence-corrected chi connectivity index (χ1v) is 18.5. The Balaban J connectivity index is 0.000000617. The summed E-state index contributed by atoms with van der Waals surface area (Å²) in [5.74, 6) is 5.97. The van der Waals surface area contributed by atoms with Gasteiger partial charge in [0, 0.05) is 0 Å². The summed E-state index contributed by atoms with van der Waals surface area (Å²) in [5.41, 5.74) is 0. The minimum Gasteiger partial charge on any atom is -0.652 e. The minimum atomic E-state index is -2.33. The summed E-state index contributed by atoms with van der Waals surface area (Å²) in [7, 11) is 0. The SMILES string of the molecule is C1CCC2C3NC(NC4NC(NC5NC(NC6NC(N3)C3CCCCC63)C3CCCCC53)C3CCCCC43)C2C1.O=C([O-])[O-].[Ni+2]. The molecule has 45 heavy (non-hydrogen) atoms. The van der Waals surface area contributed by atoms with Gasteiger partial charge in [-0.05, 0) is 105 Å². The molecule has 8 atom stereocenters. The first-order chi connectivity index (χ1) is 21.5. The second-order valence-corrected chi connectivity index (χ2v) is 15.9. The summed E-state index contributed by atoms with van der Waals surface area (Å²) in [4.78, 5) is 8.33. The average molecular weight is 672 g/mol. The van der Waals surface area contributed by atoms with Gasteiger partial charge in [-0.2, -0.15) is 0 Å². The van der Waals surface area contributed by atoms with E-state index in [1.165, 1.54) is 103 Å². The van der Waals surface area contributed by atoms with E-state index >= 15 is 0 Å². The zero-order valence-electron chi connectivity index (χ0n) is 26.6. The van der Waals surface area contributed by atoms with Crippen molar-refractivity contribution in [2.45, 2.75) is 152 Å². The fourth-order valence-corrected chi connectivity index (χ4v) is 12.0. The largest absolute Gasteiger partial charge is 2.00 e. The van der Waals surface area contributed by atoms with Crippen LogP contribution in [0.3, 0.4) is 0 Å². The van der Waals surface area contributed by atoms with E-state index in [0.29, 0.717) is 49.3 Å². The molecule has 0 amide bonds. The van der Waals surface area contributed by atoms with Crippen LogP contribution in [0.25, 0.3) is 0 Å². The van der Waals surface area contributed by atoms with Gasteiger partial charge >= 0.3 is 16.5 Å². The van der Waals surface area contributed by atoms with Crippen molar-refractivity contribution in [3.05, 3.63) is 0 Å². The van der Waals surface area contributed by atoms with Gasteiger partial charge in [0.2, 0.25) is 0 Å². The molecule has 9 aliphatic rings. The van der Waals surface area contributed by atoms with Crippen molar-refractivity contribution in [2.75, 3.05) is 0 Å². The maximum absolute atomic E-state index is 8.33. The molecule has 0 aromatic heterocycles. The van der Waals surface area contributed by atoms with Crippen LogP contribution >= 0.6 is 0 Å². The quantitative estimate of drug-likeness (QED) is 0.166. The Hall–Kier alpha value is -0.556. The molecule has 5 aliphatic heterocycles. The number of carbonyl (C=O) groups excluding carboxylic acids is 1. The molecule has 0 radical (unpaired) electrons. The van der Waals surface area contributed by atoms with E-state index < -0.39 is 6.16 Å². The smallest absolute Gasteiger partial charge is 0.652 e. The molecule has 5 saturated heterocycles. The maximum Gasteiger partial charge on any atom is 2.00 e. The Morgan fingerprint density at radius 1 is 0.333 bits per heavy atom. The van der Waals surface area contributed by atoms with E-state index in [4.69, 9.17) is 15.0 Å². The molecular weight excluding hydrogens is 615 g/mol. The van der Waals surface area contributed by atoms with Gasteiger partial charge in [0.25, 0.3) is 0 Å². The third-order valence-corrected chi connectivity index (χ3v) is 13.8. The van der Waals surface area contributed by atoms with E-state index in [9.17, 15) is 0 Å². The van der Waals surface area contributed by atoms with Crippen LogP contribution < -0.4 is 52.7 Å².